The average molecular weight is 250 g/mol. The van der Waals surface area contributed by atoms with Gasteiger partial charge in [-0.2, -0.15) is 0 Å². The second-order valence-electron chi connectivity index (χ2n) is 3.33. The van der Waals surface area contributed by atoms with E-state index in [2.05, 4.69) is 20.0 Å². The summed E-state index contributed by atoms with van der Waals surface area (Å²) in [7, 11) is 0. The molecule has 0 atom stereocenters. The lowest BCUT2D eigenvalue weighted by Gasteiger charge is -1.98. The lowest BCUT2D eigenvalue weighted by molar-refractivity contribution is 1.12. The van der Waals surface area contributed by atoms with E-state index in [4.69, 9.17) is 17.3 Å². The lowest BCUT2D eigenvalue weighted by atomic mass is 10.2. The Hall–Kier alpha value is -1.88. The smallest absolute Gasteiger partial charge is 0.158 e. The standard InChI is InChI=1S/C11H12ClN5/c1-2-14-11(17-6-13)9-5-16-10-8(9)3-7(12)4-15-10/h3-6H,2H2,1H3,(H,15,16)(H2,13,14,17). The van der Waals surface area contributed by atoms with Gasteiger partial charge in [0, 0.05) is 29.9 Å². The third kappa shape index (κ3) is 2.29. The monoisotopic (exact) mass is 249 g/mol. The quantitative estimate of drug-likeness (QED) is 0.630. The van der Waals surface area contributed by atoms with Crippen LogP contribution in [0.1, 0.15) is 12.5 Å². The first-order chi connectivity index (χ1) is 8.26. The molecule has 0 bridgehead atoms. The molecule has 2 aromatic heterocycles. The Balaban J connectivity index is 2.61. The van der Waals surface area contributed by atoms with Crippen LogP contribution in [-0.4, -0.2) is 28.7 Å². The highest BCUT2D eigenvalue weighted by Crippen LogP contribution is 2.21. The summed E-state index contributed by atoms with van der Waals surface area (Å²) >= 11 is 5.93. The summed E-state index contributed by atoms with van der Waals surface area (Å²) in [6.45, 7) is 2.57. The van der Waals surface area contributed by atoms with Crippen LogP contribution >= 0.6 is 11.6 Å². The Labute approximate surface area is 103 Å². The second-order valence-corrected chi connectivity index (χ2v) is 3.76. The molecule has 0 saturated carbocycles. The maximum absolute atomic E-state index is 5.93. The summed E-state index contributed by atoms with van der Waals surface area (Å²) in [5.41, 5.74) is 6.91. The van der Waals surface area contributed by atoms with E-state index in [1.165, 1.54) is 6.34 Å². The van der Waals surface area contributed by atoms with Crippen LogP contribution in [0, 0.1) is 0 Å². The number of nitrogens with zero attached hydrogens (tertiary/aromatic N) is 3. The van der Waals surface area contributed by atoms with Crippen LogP contribution in [0.15, 0.2) is 28.4 Å². The molecule has 0 fully saturated rings. The molecule has 0 amide bonds. The number of fused-ring (bicyclic) bond motifs is 1. The normalized spacial score (nSPS) is 12.7. The first kappa shape index (κ1) is 11.6. The Morgan fingerprint density at radius 2 is 2.47 bits per heavy atom. The minimum Gasteiger partial charge on any atom is -0.390 e. The van der Waals surface area contributed by atoms with E-state index in [0.717, 1.165) is 16.6 Å². The van der Waals surface area contributed by atoms with E-state index in [1.807, 2.05) is 13.0 Å². The van der Waals surface area contributed by atoms with Crippen molar-refractivity contribution >= 4 is 34.8 Å². The van der Waals surface area contributed by atoms with Crippen molar-refractivity contribution in [2.24, 2.45) is 15.7 Å². The molecule has 0 saturated heterocycles. The van der Waals surface area contributed by atoms with Crippen LogP contribution in [0.25, 0.3) is 11.0 Å². The summed E-state index contributed by atoms with van der Waals surface area (Å²) in [4.78, 5) is 15.6. The van der Waals surface area contributed by atoms with Gasteiger partial charge in [-0.1, -0.05) is 11.6 Å². The van der Waals surface area contributed by atoms with Gasteiger partial charge >= 0.3 is 0 Å². The van der Waals surface area contributed by atoms with Crippen LogP contribution < -0.4 is 5.73 Å². The number of rotatable bonds is 2. The van der Waals surface area contributed by atoms with E-state index >= 15 is 0 Å². The van der Waals surface area contributed by atoms with Crippen LogP contribution in [0.3, 0.4) is 0 Å². The third-order valence-electron chi connectivity index (χ3n) is 2.24. The van der Waals surface area contributed by atoms with Crippen molar-refractivity contribution in [2.45, 2.75) is 6.92 Å². The van der Waals surface area contributed by atoms with Crippen molar-refractivity contribution in [3.05, 3.63) is 29.0 Å². The number of H-pyrrole nitrogens is 1. The van der Waals surface area contributed by atoms with E-state index in [1.54, 1.807) is 12.4 Å². The number of hydrogen-bond donors (Lipinski definition) is 2. The van der Waals surface area contributed by atoms with Gasteiger partial charge in [-0.15, -0.1) is 0 Å². The summed E-state index contributed by atoms with van der Waals surface area (Å²) < 4.78 is 0. The first-order valence-electron chi connectivity index (χ1n) is 5.18. The Morgan fingerprint density at radius 3 is 3.18 bits per heavy atom. The topological polar surface area (TPSA) is 79.4 Å². The van der Waals surface area contributed by atoms with Crippen molar-refractivity contribution in [1.29, 1.82) is 0 Å². The first-order valence-corrected chi connectivity index (χ1v) is 5.55. The number of aliphatic imine (C=N–C) groups is 2. The number of halogens is 1. The molecule has 0 aliphatic heterocycles. The molecule has 0 aliphatic rings. The molecule has 2 aromatic rings. The molecule has 2 heterocycles. The van der Waals surface area contributed by atoms with Gasteiger partial charge in [0.05, 0.1) is 11.4 Å². The minimum atomic E-state index is 0.574. The van der Waals surface area contributed by atoms with Gasteiger partial charge in [-0.3, -0.25) is 4.99 Å². The number of aromatic nitrogens is 2. The number of hydrogen-bond acceptors (Lipinski definition) is 2. The second kappa shape index (κ2) is 4.97. The number of aromatic amines is 1. The Kier molecular flexibility index (Phi) is 3.39. The number of amidine groups is 1. The Bertz CT molecular complexity index is 585. The maximum atomic E-state index is 5.93. The van der Waals surface area contributed by atoms with Crippen molar-refractivity contribution in [3.63, 3.8) is 0 Å². The summed E-state index contributed by atoms with van der Waals surface area (Å²) in [5, 5.41) is 1.46. The molecule has 2 rings (SSSR count). The predicted octanol–water partition coefficient (Wildman–Crippen LogP) is 1.97. The van der Waals surface area contributed by atoms with E-state index < -0.39 is 0 Å². The highest BCUT2D eigenvalue weighted by atomic mass is 35.5. The fourth-order valence-electron chi connectivity index (χ4n) is 1.58. The molecule has 0 aliphatic carbocycles. The van der Waals surface area contributed by atoms with Crippen molar-refractivity contribution in [1.82, 2.24) is 9.97 Å². The van der Waals surface area contributed by atoms with Gasteiger partial charge in [-0.05, 0) is 13.0 Å². The van der Waals surface area contributed by atoms with Crippen LogP contribution in [0.5, 0.6) is 0 Å². The molecule has 0 unspecified atom stereocenters. The van der Waals surface area contributed by atoms with Gasteiger partial charge in [0.1, 0.15) is 5.65 Å². The zero-order valence-corrected chi connectivity index (χ0v) is 10.1. The van der Waals surface area contributed by atoms with E-state index in [9.17, 15) is 0 Å². The minimum absolute atomic E-state index is 0.574. The average Bonchev–Trinajstić information content (AvgIpc) is 2.71. The molecule has 88 valence electrons. The van der Waals surface area contributed by atoms with Gasteiger partial charge in [0.25, 0.3) is 0 Å². The van der Waals surface area contributed by atoms with E-state index in [0.29, 0.717) is 17.4 Å². The Morgan fingerprint density at radius 1 is 1.65 bits per heavy atom. The van der Waals surface area contributed by atoms with Gasteiger partial charge in [0.15, 0.2) is 5.84 Å². The fraction of sp³-hybridized carbons (Fsp3) is 0.182. The maximum Gasteiger partial charge on any atom is 0.158 e. The van der Waals surface area contributed by atoms with Gasteiger partial charge < -0.3 is 10.7 Å². The van der Waals surface area contributed by atoms with Crippen molar-refractivity contribution < 1.29 is 0 Å². The molecule has 0 aromatic carbocycles. The zero-order chi connectivity index (χ0) is 12.3. The van der Waals surface area contributed by atoms with Crippen LogP contribution in [-0.2, 0) is 0 Å². The van der Waals surface area contributed by atoms with Gasteiger partial charge in [0.2, 0.25) is 0 Å². The highest BCUT2D eigenvalue weighted by Gasteiger charge is 2.10. The van der Waals surface area contributed by atoms with Crippen LogP contribution in [0.4, 0.5) is 0 Å². The fourth-order valence-corrected chi connectivity index (χ4v) is 1.74. The SMILES string of the molecule is CCN=C(N=CN)c1c[nH]c2ncc(Cl)cc12. The third-order valence-corrected chi connectivity index (χ3v) is 2.45. The number of nitrogens with one attached hydrogen (secondary N) is 1. The zero-order valence-electron chi connectivity index (χ0n) is 9.31. The molecular weight excluding hydrogens is 238 g/mol. The van der Waals surface area contributed by atoms with Gasteiger partial charge in [-0.25, -0.2) is 9.98 Å². The lowest BCUT2D eigenvalue weighted by Crippen LogP contribution is -2.01. The molecule has 5 nitrogen and oxygen atoms in total. The molecule has 6 heteroatoms. The van der Waals surface area contributed by atoms with Crippen LogP contribution in [0.2, 0.25) is 5.02 Å². The molecule has 0 spiro atoms. The molecule has 3 N–H and O–H groups in total. The summed E-state index contributed by atoms with van der Waals surface area (Å²) in [5.74, 6) is 0.574. The molecule has 0 radical (unpaired) electrons. The highest BCUT2D eigenvalue weighted by molar-refractivity contribution is 6.31. The van der Waals surface area contributed by atoms with E-state index in [-0.39, 0.29) is 0 Å². The van der Waals surface area contributed by atoms with Crippen molar-refractivity contribution in [3.8, 4) is 0 Å². The largest absolute Gasteiger partial charge is 0.390 e. The summed E-state index contributed by atoms with van der Waals surface area (Å²) in [6, 6.07) is 1.83. The van der Waals surface area contributed by atoms with Crippen molar-refractivity contribution in [2.75, 3.05) is 6.54 Å². The molecule has 17 heavy (non-hydrogen) atoms. The number of nitrogens with two attached hydrogens (primary N) is 1. The number of pyridine rings is 1. The summed E-state index contributed by atoms with van der Waals surface area (Å²) in [6.07, 6.45) is 4.62. The molecular formula is C11H12ClN5. The predicted molar refractivity (Wildman–Crippen MR) is 70.9 cm³/mol.